The molecule has 1 amide bonds. The zero-order valence-electron chi connectivity index (χ0n) is 16.5. The SMILES string of the molecule is CNC(=O)CN1CCC[C@@H](c2cc(Nc3nc(C)cc(C)n3)cc(C)n2)C1. The lowest BCUT2D eigenvalue weighted by Gasteiger charge is -2.32. The van der Waals surface area contributed by atoms with Gasteiger partial charge in [-0.05, 0) is 58.4 Å². The maximum Gasteiger partial charge on any atom is 0.233 e. The molecular formula is C20H28N6O. The molecule has 3 heterocycles. The Bertz CT molecular complexity index is 802. The quantitative estimate of drug-likeness (QED) is 0.844. The van der Waals surface area contributed by atoms with E-state index in [4.69, 9.17) is 4.98 Å². The predicted octanol–water partition coefficient (Wildman–Crippen LogP) is 2.47. The largest absolute Gasteiger partial charge is 0.358 e. The van der Waals surface area contributed by atoms with Crippen molar-refractivity contribution in [2.75, 3.05) is 32.0 Å². The predicted molar refractivity (Wildman–Crippen MR) is 106 cm³/mol. The number of carbonyl (C=O) groups excluding carboxylic acids is 1. The number of anilines is 2. The van der Waals surface area contributed by atoms with Crippen LogP contribution in [0.15, 0.2) is 18.2 Å². The van der Waals surface area contributed by atoms with Gasteiger partial charge in [0.2, 0.25) is 11.9 Å². The zero-order chi connectivity index (χ0) is 19.4. The van der Waals surface area contributed by atoms with Gasteiger partial charge in [-0.2, -0.15) is 0 Å². The van der Waals surface area contributed by atoms with Crippen LogP contribution in [0, 0.1) is 20.8 Å². The van der Waals surface area contributed by atoms with Crippen LogP contribution in [0.4, 0.5) is 11.6 Å². The molecule has 2 aromatic heterocycles. The zero-order valence-corrected chi connectivity index (χ0v) is 16.5. The molecular weight excluding hydrogens is 340 g/mol. The minimum absolute atomic E-state index is 0.0576. The van der Waals surface area contributed by atoms with E-state index < -0.39 is 0 Å². The standard InChI is InChI=1S/C20H28N6O/c1-13-8-14(2)24-20(23-13)25-17-9-15(3)22-18(10-17)16-6-5-7-26(11-16)12-19(27)21-4/h8-10,16H,5-7,11-12H2,1-4H3,(H,21,27)(H,22,23,24,25)/t16-/m1/s1. The second kappa shape index (κ2) is 8.43. The normalized spacial score (nSPS) is 17.6. The molecule has 3 rings (SSSR count). The smallest absolute Gasteiger partial charge is 0.233 e. The Morgan fingerprint density at radius 1 is 1.11 bits per heavy atom. The third-order valence-electron chi connectivity index (χ3n) is 4.78. The number of piperidine rings is 1. The van der Waals surface area contributed by atoms with Crippen LogP contribution in [0.3, 0.4) is 0 Å². The van der Waals surface area contributed by atoms with E-state index >= 15 is 0 Å². The number of aromatic nitrogens is 3. The molecule has 0 aromatic carbocycles. The van der Waals surface area contributed by atoms with Gasteiger partial charge in [0, 0.05) is 48.0 Å². The molecule has 0 radical (unpaired) electrons. The molecule has 0 bridgehead atoms. The van der Waals surface area contributed by atoms with Gasteiger partial charge in [-0.1, -0.05) is 0 Å². The fourth-order valence-corrected chi connectivity index (χ4v) is 3.61. The highest BCUT2D eigenvalue weighted by Crippen LogP contribution is 2.28. The molecule has 0 saturated carbocycles. The molecule has 1 fully saturated rings. The Kier molecular flexibility index (Phi) is 6.01. The van der Waals surface area contributed by atoms with E-state index in [-0.39, 0.29) is 5.91 Å². The van der Waals surface area contributed by atoms with Crippen molar-refractivity contribution in [1.29, 1.82) is 0 Å². The summed E-state index contributed by atoms with van der Waals surface area (Å²) in [5.41, 5.74) is 4.85. The number of carbonyl (C=O) groups is 1. The summed E-state index contributed by atoms with van der Waals surface area (Å²) in [6.07, 6.45) is 2.15. The molecule has 7 nitrogen and oxygen atoms in total. The van der Waals surface area contributed by atoms with Crippen molar-refractivity contribution in [1.82, 2.24) is 25.2 Å². The van der Waals surface area contributed by atoms with Gasteiger partial charge in [-0.3, -0.25) is 14.7 Å². The number of nitrogens with one attached hydrogen (secondary N) is 2. The third-order valence-corrected chi connectivity index (χ3v) is 4.78. The first-order chi connectivity index (χ1) is 12.9. The number of hydrogen-bond donors (Lipinski definition) is 2. The average molecular weight is 368 g/mol. The van der Waals surface area contributed by atoms with Crippen LogP contribution in [0.5, 0.6) is 0 Å². The van der Waals surface area contributed by atoms with Gasteiger partial charge in [-0.15, -0.1) is 0 Å². The van der Waals surface area contributed by atoms with Gasteiger partial charge in [0.1, 0.15) is 0 Å². The van der Waals surface area contributed by atoms with Crippen molar-refractivity contribution < 1.29 is 4.79 Å². The first kappa shape index (κ1) is 19.2. The number of aryl methyl sites for hydroxylation is 3. The van der Waals surface area contributed by atoms with E-state index in [1.165, 1.54) is 0 Å². The summed E-state index contributed by atoms with van der Waals surface area (Å²) < 4.78 is 0. The monoisotopic (exact) mass is 368 g/mol. The molecule has 0 aliphatic carbocycles. The summed E-state index contributed by atoms with van der Waals surface area (Å²) in [4.78, 5) is 27.6. The number of rotatable bonds is 5. The molecule has 27 heavy (non-hydrogen) atoms. The molecule has 1 aliphatic rings. The third kappa shape index (κ3) is 5.23. The fraction of sp³-hybridized carbons (Fsp3) is 0.500. The van der Waals surface area contributed by atoms with E-state index in [9.17, 15) is 4.79 Å². The van der Waals surface area contributed by atoms with E-state index in [0.717, 1.165) is 54.4 Å². The van der Waals surface area contributed by atoms with Crippen molar-refractivity contribution in [2.45, 2.75) is 39.5 Å². The second-order valence-corrected chi connectivity index (χ2v) is 7.27. The highest BCUT2D eigenvalue weighted by Gasteiger charge is 2.24. The van der Waals surface area contributed by atoms with Gasteiger partial charge in [0.25, 0.3) is 0 Å². The Morgan fingerprint density at radius 2 is 1.81 bits per heavy atom. The Hall–Kier alpha value is -2.54. The van der Waals surface area contributed by atoms with Crippen molar-refractivity contribution in [3.8, 4) is 0 Å². The molecule has 1 saturated heterocycles. The van der Waals surface area contributed by atoms with Crippen LogP contribution in [0.1, 0.15) is 41.5 Å². The van der Waals surface area contributed by atoms with Crippen LogP contribution in [-0.2, 0) is 4.79 Å². The Labute approximate surface area is 160 Å². The Balaban J connectivity index is 1.77. The molecule has 1 aliphatic heterocycles. The van der Waals surface area contributed by atoms with Gasteiger partial charge in [0.15, 0.2) is 0 Å². The molecule has 1 atom stereocenters. The summed E-state index contributed by atoms with van der Waals surface area (Å²) in [5.74, 6) is 0.986. The van der Waals surface area contributed by atoms with E-state index in [1.807, 2.05) is 32.9 Å². The highest BCUT2D eigenvalue weighted by atomic mass is 16.1. The van der Waals surface area contributed by atoms with Crippen LogP contribution >= 0.6 is 0 Å². The van der Waals surface area contributed by atoms with Gasteiger partial charge in [-0.25, -0.2) is 9.97 Å². The number of hydrogen-bond acceptors (Lipinski definition) is 6. The van der Waals surface area contributed by atoms with Crippen molar-refractivity contribution >= 4 is 17.5 Å². The summed E-state index contributed by atoms with van der Waals surface area (Å²) in [6, 6.07) is 6.05. The van der Waals surface area contributed by atoms with Crippen molar-refractivity contribution in [2.24, 2.45) is 0 Å². The number of amides is 1. The minimum atomic E-state index is 0.0576. The number of likely N-dealkylation sites (N-methyl/N-ethyl adjacent to an activating group) is 1. The maximum absolute atomic E-state index is 11.7. The molecule has 0 spiro atoms. The molecule has 7 heteroatoms. The summed E-state index contributed by atoms with van der Waals surface area (Å²) in [5, 5.41) is 6.02. The number of pyridine rings is 1. The van der Waals surface area contributed by atoms with Gasteiger partial charge in [0.05, 0.1) is 6.54 Å². The number of likely N-dealkylation sites (tertiary alicyclic amines) is 1. The molecule has 2 aromatic rings. The first-order valence-electron chi connectivity index (χ1n) is 9.44. The average Bonchev–Trinajstić information content (AvgIpc) is 2.60. The second-order valence-electron chi connectivity index (χ2n) is 7.27. The van der Waals surface area contributed by atoms with Crippen LogP contribution < -0.4 is 10.6 Å². The molecule has 0 unspecified atom stereocenters. The lowest BCUT2D eigenvalue weighted by atomic mass is 9.93. The lowest BCUT2D eigenvalue weighted by molar-refractivity contribution is -0.122. The Morgan fingerprint density at radius 3 is 2.52 bits per heavy atom. The van der Waals surface area contributed by atoms with Crippen molar-refractivity contribution in [3.63, 3.8) is 0 Å². The maximum atomic E-state index is 11.7. The summed E-state index contributed by atoms with van der Waals surface area (Å²) in [7, 11) is 1.68. The van der Waals surface area contributed by atoms with Crippen LogP contribution in [-0.4, -0.2) is 52.4 Å². The van der Waals surface area contributed by atoms with Gasteiger partial charge >= 0.3 is 0 Å². The summed E-state index contributed by atoms with van der Waals surface area (Å²) in [6.45, 7) is 8.18. The van der Waals surface area contributed by atoms with Crippen LogP contribution in [0.2, 0.25) is 0 Å². The fourth-order valence-electron chi connectivity index (χ4n) is 3.61. The van der Waals surface area contributed by atoms with E-state index in [0.29, 0.717) is 18.4 Å². The lowest BCUT2D eigenvalue weighted by Crippen LogP contribution is -2.41. The first-order valence-corrected chi connectivity index (χ1v) is 9.44. The van der Waals surface area contributed by atoms with E-state index in [1.54, 1.807) is 7.05 Å². The van der Waals surface area contributed by atoms with Gasteiger partial charge < -0.3 is 10.6 Å². The van der Waals surface area contributed by atoms with Crippen molar-refractivity contribution in [3.05, 3.63) is 41.0 Å². The molecule has 144 valence electrons. The van der Waals surface area contributed by atoms with E-state index in [2.05, 4.69) is 31.6 Å². The van der Waals surface area contributed by atoms with Crippen LogP contribution in [0.25, 0.3) is 0 Å². The number of nitrogens with zero attached hydrogens (tertiary/aromatic N) is 4. The topological polar surface area (TPSA) is 83.0 Å². The highest BCUT2D eigenvalue weighted by molar-refractivity contribution is 5.77. The summed E-state index contributed by atoms with van der Waals surface area (Å²) >= 11 is 0. The molecule has 2 N–H and O–H groups in total. The minimum Gasteiger partial charge on any atom is -0.358 e.